The summed E-state index contributed by atoms with van der Waals surface area (Å²) < 4.78 is 6.69. The van der Waals surface area contributed by atoms with Gasteiger partial charge in [0.2, 0.25) is 5.91 Å². The third kappa shape index (κ3) is 3.59. The van der Waals surface area contributed by atoms with E-state index in [1.54, 1.807) is 12.1 Å². The number of ether oxygens (including phenoxy) is 1. The van der Waals surface area contributed by atoms with Crippen molar-refractivity contribution in [2.45, 2.75) is 51.0 Å². The van der Waals surface area contributed by atoms with Crippen molar-refractivity contribution in [1.82, 2.24) is 14.8 Å². The Hall–Kier alpha value is -2.70. The summed E-state index contributed by atoms with van der Waals surface area (Å²) in [6.07, 6.45) is 8.41. The van der Waals surface area contributed by atoms with Crippen LogP contribution in [0.5, 0.6) is 0 Å². The van der Waals surface area contributed by atoms with Crippen molar-refractivity contribution in [3.8, 4) is 0 Å². The van der Waals surface area contributed by atoms with Crippen molar-refractivity contribution in [3.63, 3.8) is 0 Å². The molecule has 1 aliphatic carbocycles. The van der Waals surface area contributed by atoms with Gasteiger partial charge in [-0.2, -0.15) is 5.10 Å². The van der Waals surface area contributed by atoms with Crippen LogP contribution in [-0.4, -0.2) is 33.8 Å². The average Bonchev–Trinajstić information content (AvgIpc) is 3.10. The summed E-state index contributed by atoms with van der Waals surface area (Å²) in [5.41, 5.74) is 1.89. The van der Waals surface area contributed by atoms with Crippen LogP contribution in [0.15, 0.2) is 24.4 Å². The Morgan fingerprint density at radius 3 is 2.89 bits per heavy atom. The third-order valence-corrected chi connectivity index (χ3v) is 5.57. The van der Waals surface area contributed by atoms with Gasteiger partial charge in [0.25, 0.3) is 0 Å². The molecule has 1 fully saturated rings. The number of fused-ring (bicyclic) bond motifs is 1. The third-order valence-electron chi connectivity index (χ3n) is 5.57. The Morgan fingerprint density at radius 2 is 2.11 bits per heavy atom. The number of nitrogens with one attached hydrogen (secondary N) is 1. The molecule has 7 nitrogen and oxygen atoms in total. The van der Waals surface area contributed by atoms with Crippen LogP contribution in [-0.2, 0) is 16.1 Å². The second kappa shape index (κ2) is 7.50. The molecule has 2 aliphatic rings. The normalized spacial score (nSPS) is 20.0. The summed E-state index contributed by atoms with van der Waals surface area (Å²) in [5, 5.41) is 7.55. The molecular weight excluding hydrogens is 344 g/mol. The Balaban J connectivity index is 1.64. The highest BCUT2D eigenvalue weighted by Gasteiger charge is 2.32. The van der Waals surface area contributed by atoms with Gasteiger partial charge in [-0.3, -0.25) is 4.79 Å². The van der Waals surface area contributed by atoms with Gasteiger partial charge in [-0.15, -0.1) is 0 Å². The lowest BCUT2D eigenvalue weighted by Gasteiger charge is -2.25. The molecule has 4 rings (SSSR count). The lowest BCUT2D eigenvalue weighted by atomic mass is 9.89. The van der Waals surface area contributed by atoms with Crippen molar-refractivity contribution >= 4 is 17.7 Å². The highest BCUT2D eigenvalue weighted by Crippen LogP contribution is 2.37. The molecule has 0 bridgehead atoms. The van der Waals surface area contributed by atoms with E-state index >= 15 is 0 Å². The summed E-state index contributed by atoms with van der Waals surface area (Å²) in [5.74, 6) is 0.639. The van der Waals surface area contributed by atoms with Gasteiger partial charge < -0.3 is 10.1 Å². The van der Waals surface area contributed by atoms with E-state index in [0.29, 0.717) is 18.0 Å². The quantitative estimate of drug-likeness (QED) is 0.838. The van der Waals surface area contributed by atoms with Gasteiger partial charge in [-0.05, 0) is 30.9 Å². The van der Waals surface area contributed by atoms with Crippen molar-refractivity contribution in [3.05, 3.63) is 41.3 Å². The second-order valence-electron chi connectivity index (χ2n) is 7.38. The van der Waals surface area contributed by atoms with Gasteiger partial charge in [0.1, 0.15) is 11.5 Å². The molecule has 2 aromatic rings. The molecule has 1 amide bonds. The Bertz CT molecular complexity index is 855. The molecule has 1 saturated carbocycles. The Morgan fingerprint density at radius 1 is 1.30 bits per heavy atom. The number of methoxy groups -OCH3 is 1. The number of carbonyl (C=O) groups is 2. The van der Waals surface area contributed by atoms with E-state index < -0.39 is 5.97 Å². The van der Waals surface area contributed by atoms with E-state index in [1.807, 2.05) is 16.9 Å². The summed E-state index contributed by atoms with van der Waals surface area (Å²) in [6, 6.07) is 5.23. The second-order valence-corrected chi connectivity index (χ2v) is 7.38. The molecule has 0 radical (unpaired) electrons. The first-order chi connectivity index (χ1) is 13.2. The molecular formula is C20H24N4O3. The number of esters is 1. The fourth-order valence-electron chi connectivity index (χ4n) is 4.15. The van der Waals surface area contributed by atoms with Gasteiger partial charge in [0.05, 0.1) is 13.3 Å². The van der Waals surface area contributed by atoms with Crippen LogP contribution in [0.4, 0.5) is 5.82 Å². The van der Waals surface area contributed by atoms with Crippen molar-refractivity contribution in [2.24, 2.45) is 5.92 Å². The number of carbonyl (C=O) groups excluding carboxylic acids is 2. The minimum absolute atomic E-state index is 0.0526. The summed E-state index contributed by atoms with van der Waals surface area (Å²) in [7, 11) is 1.33. The van der Waals surface area contributed by atoms with E-state index in [1.165, 1.54) is 39.2 Å². The van der Waals surface area contributed by atoms with Crippen molar-refractivity contribution < 1.29 is 14.3 Å². The Labute approximate surface area is 158 Å². The number of hydrogen-bond acceptors (Lipinski definition) is 5. The average molecular weight is 368 g/mol. The zero-order chi connectivity index (χ0) is 18.8. The van der Waals surface area contributed by atoms with Crippen LogP contribution in [0.1, 0.15) is 66.2 Å². The van der Waals surface area contributed by atoms with Crippen LogP contribution in [0.2, 0.25) is 0 Å². The van der Waals surface area contributed by atoms with E-state index in [2.05, 4.69) is 15.4 Å². The number of amides is 1. The summed E-state index contributed by atoms with van der Waals surface area (Å²) in [4.78, 5) is 28.6. The topological polar surface area (TPSA) is 86.1 Å². The predicted molar refractivity (Wildman–Crippen MR) is 99.5 cm³/mol. The smallest absolute Gasteiger partial charge is 0.356 e. The van der Waals surface area contributed by atoms with Crippen molar-refractivity contribution in [2.75, 3.05) is 12.4 Å². The van der Waals surface area contributed by atoms with Gasteiger partial charge in [0.15, 0.2) is 0 Å². The number of aromatic nitrogens is 3. The standard InChI is InChI=1S/C20H24N4O3/c1-27-20(26)17-9-5-8-16(22-17)14-10-18(25)23-19-15(14)11-21-24(19)12-13-6-3-2-4-7-13/h5,8-9,11,13-14H,2-4,6-7,10,12H2,1H3,(H,23,25)/t14-/m0/s1. The fraction of sp³-hybridized carbons (Fsp3) is 0.500. The zero-order valence-corrected chi connectivity index (χ0v) is 15.5. The van der Waals surface area contributed by atoms with E-state index in [9.17, 15) is 9.59 Å². The van der Waals surface area contributed by atoms with Crippen molar-refractivity contribution in [1.29, 1.82) is 0 Å². The number of rotatable bonds is 4. The maximum Gasteiger partial charge on any atom is 0.356 e. The monoisotopic (exact) mass is 368 g/mol. The first kappa shape index (κ1) is 17.7. The van der Waals surface area contributed by atoms with Crippen LogP contribution in [0.3, 0.4) is 0 Å². The molecule has 3 heterocycles. The molecule has 0 saturated heterocycles. The van der Waals surface area contributed by atoms with E-state index in [-0.39, 0.29) is 17.5 Å². The van der Waals surface area contributed by atoms with Crippen LogP contribution < -0.4 is 5.32 Å². The largest absolute Gasteiger partial charge is 0.464 e. The molecule has 0 unspecified atom stereocenters. The number of nitrogens with zero attached hydrogens (tertiary/aromatic N) is 3. The molecule has 27 heavy (non-hydrogen) atoms. The predicted octanol–water partition coefficient (Wildman–Crippen LogP) is 3.12. The number of anilines is 1. The molecule has 0 aromatic carbocycles. The maximum absolute atomic E-state index is 12.4. The molecule has 1 N–H and O–H groups in total. The van der Waals surface area contributed by atoms with Crippen LogP contribution in [0, 0.1) is 5.92 Å². The first-order valence-corrected chi connectivity index (χ1v) is 9.56. The molecule has 1 aliphatic heterocycles. The molecule has 0 spiro atoms. The van der Waals surface area contributed by atoms with Gasteiger partial charge in [0, 0.05) is 30.1 Å². The summed E-state index contributed by atoms with van der Waals surface area (Å²) >= 11 is 0. The Kier molecular flexibility index (Phi) is 4.92. The minimum atomic E-state index is -0.481. The van der Waals surface area contributed by atoms with E-state index in [0.717, 1.165) is 17.9 Å². The lowest BCUT2D eigenvalue weighted by Crippen LogP contribution is -2.26. The van der Waals surface area contributed by atoms with Gasteiger partial charge >= 0.3 is 5.97 Å². The molecule has 2 aromatic heterocycles. The maximum atomic E-state index is 12.4. The zero-order valence-electron chi connectivity index (χ0n) is 15.5. The minimum Gasteiger partial charge on any atom is -0.464 e. The number of pyridine rings is 1. The lowest BCUT2D eigenvalue weighted by molar-refractivity contribution is -0.116. The highest BCUT2D eigenvalue weighted by molar-refractivity contribution is 5.94. The fourth-order valence-corrected chi connectivity index (χ4v) is 4.15. The molecule has 7 heteroatoms. The molecule has 1 atom stereocenters. The first-order valence-electron chi connectivity index (χ1n) is 9.56. The van der Waals surface area contributed by atoms with Crippen LogP contribution in [0.25, 0.3) is 0 Å². The van der Waals surface area contributed by atoms with E-state index in [4.69, 9.17) is 4.74 Å². The summed E-state index contributed by atoms with van der Waals surface area (Å²) in [6.45, 7) is 0.831. The van der Waals surface area contributed by atoms with Crippen LogP contribution >= 0.6 is 0 Å². The van der Waals surface area contributed by atoms with Gasteiger partial charge in [-0.25, -0.2) is 14.5 Å². The number of hydrogen-bond donors (Lipinski definition) is 1. The molecule has 142 valence electrons. The SMILES string of the molecule is COC(=O)c1cccc([C@H]2CC(=O)Nc3c2cnn3CC2CCCCC2)n1. The van der Waals surface area contributed by atoms with Gasteiger partial charge in [-0.1, -0.05) is 25.3 Å². The highest BCUT2D eigenvalue weighted by atomic mass is 16.5.